The molecule has 0 unspecified atom stereocenters. The highest BCUT2D eigenvalue weighted by Crippen LogP contribution is 2.58. The Hall–Kier alpha value is -2.17. The van der Waals surface area contributed by atoms with E-state index in [-0.39, 0.29) is 35.6 Å². The van der Waals surface area contributed by atoms with Gasteiger partial charge in [-0.1, -0.05) is 30.3 Å². The molecular weight excluding hydrogens is 308 g/mol. The number of ether oxygens (including phenoxy) is 2. The highest BCUT2D eigenvalue weighted by molar-refractivity contribution is 6.03. The van der Waals surface area contributed by atoms with Crippen LogP contribution in [0.4, 0.5) is 0 Å². The summed E-state index contributed by atoms with van der Waals surface area (Å²) in [7, 11) is 0. The van der Waals surface area contributed by atoms with Crippen LogP contribution in [0.2, 0.25) is 0 Å². The zero-order valence-corrected chi connectivity index (χ0v) is 13.7. The number of ketones is 1. The topological polar surface area (TPSA) is 69.7 Å². The van der Waals surface area contributed by atoms with Crippen LogP contribution in [-0.2, 0) is 19.1 Å². The summed E-state index contributed by atoms with van der Waals surface area (Å²) in [6.45, 7) is 3.20. The largest absolute Gasteiger partial charge is 0.462 e. The van der Waals surface area contributed by atoms with Gasteiger partial charge >= 0.3 is 11.9 Å². The van der Waals surface area contributed by atoms with Crippen molar-refractivity contribution in [3.63, 3.8) is 0 Å². The first-order chi connectivity index (χ1) is 11.4. The molecular formula is C19H20O5. The van der Waals surface area contributed by atoms with Gasteiger partial charge < -0.3 is 9.47 Å². The molecule has 0 radical (unpaired) electrons. The predicted octanol–water partition coefficient (Wildman–Crippen LogP) is 2.39. The van der Waals surface area contributed by atoms with Gasteiger partial charge in [0, 0.05) is 11.5 Å². The quantitative estimate of drug-likeness (QED) is 0.627. The Balaban J connectivity index is 1.52. The van der Waals surface area contributed by atoms with Crippen LogP contribution < -0.4 is 0 Å². The summed E-state index contributed by atoms with van der Waals surface area (Å²) in [5.41, 5.74) is -0.758. The molecule has 1 aliphatic heterocycles. The van der Waals surface area contributed by atoms with E-state index in [1.807, 2.05) is 6.07 Å². The average Bonchev–Trinajstić information content (AvgIpc) is 3.16. The van der Waals surface area contributed by atoms with E-state index in [0.29, 0.717) is 5.56 Å². The van der Waals surface area contributed by atoms with Crippen molar-refractivity contribution in [3.05, 3.63) is 35.9 Å². The van der Waals surface area contributed by atoms with Gasteiger partial charge in [0.25, 0.3) is 0 Å². The van der Waals surface area contributed by atoms with Gasteiger partial charge in [-0.3, -0.25) is 14.4 Å². The van der Waals surface area contributed by atoms with Crippen LogP contribution in [-0.4, -0.2) is 29.4 Å². The fraction of sp³-hybridized carbons (Fsp3) is 0.526. The second kappa shape index (κ2) is 5.16. The number of esters is 2. The summed E-state index contributed by atoms with van der Waals surface area (Å²) in [4.78, 5) is 37.4. The highest BCUT2D eigenvalue weighted by atomic mass is 16.6. The van der Waals surface area contributed by atoms with E-state index in [1.54, 1.807) is 38.1 Å². The lowest BCUT2D eigenvalue weighted by atomic mass is 9.80. The van der Waals surface area contributed by atoms with Gasteiger partial charge in [-0.05, 0) is 32.6 Å². The van der Waals surface area contributed by atoms with Crippen molar-refractivity contribution in [2.45, 2.75) is 38.4 Å². The number of fused-ring (bicyclic) bond motifs is 1. The van der Waals surface area contributed by atoms with E-state index in [2.05, 4.69) is 0 Å². The van der Waals surface area contributed by atoms with Gasteiger partial charge in [-0.25, -0.2) is 0 Å². The minimum absolute atomic E-state index is 0.0180. The van der Waals surface area contributed by atoms with E-state index in [0.717, 1.165) is 12.8 Å². The molecule has 2 saturated carbocycles. The lowest BCUT2D eigenvalue weighted by Crippen LogP contribution is -2.42. The number of Topliss-reactive ketones (excluding diaryl/α,β-unsaturated/α-hetero) is 1. The van der Waals surface area contributed by atoms with Crippen molar-refractivity contribution in [2.75, 3.05) is 0 Å². The van der Waals surface area contributed by atoms with Crippen molar-refractivity contribution in [1.29, 1.82) is 0 Å². The van der Waals surface area contributed by atoms with Gasteiger partial charge in [0.1, 0.15) is 6.10 Å². The Bertz CT molecular complexity index is 706. The third kappa shape index (κ3) is 2.18. The third-order valence-corrected chi connectivity index (χ3v) is 5.69. The zero-order valence-electron chi connectivity index (χ0n) is 13.7. The Morgan fingerprint density at radius 2 is 1.88 bits per heavy atom. The molecule has 126 valence electrons. The van der Waals surface area contributed by atoms with Crippen LogP contribution in [0.5, 0.6) is 0 Å². The molecule has 1 aromatic carbocycles. The second-order valence-electron chi connectivity index (χ2n) is 7.55. The molecule has 1 saturated heterocycles. The van der Waals surface area contributed by atoms with E-state index in [9.17, 15) is 14.4 Å². The van der Waals surface area contributed by atoms with Gasteiger partial charge in [0.05, 0.1) is 11.8 Å². The molecule has 0 aromatic heterocycles. The van der Waals surface area contributed by atoms with Crippen LogP contribution in [0.1, 0.15) is 37.0 Å². The minimum Gasteiger partial charge on any atom is -0.462 e. The van der Waals surface area contributed by atoms with Crippen LogP contribution in [0.25, 0.3) is 0 Å². The van der Waals surface area contributed by atoms with Crippen molar-refractivity contribution < 1.29 is 23.9 Å². The molecule has 2 aliphatic carbocycles. The van der Waals surface area contributed by atoms with Gasteiger partial charge in [-0.15, -0.1) is 0 Å². The Morgan fingerprint density at radius 3 is 2.58 bits per heavy atom. The van der Waals surface area contributed by atoms with E-state index in [4.69, 9.17) is 9.47 Å². The lowest BCUT2D eigenvalue weighted by molar-refractivity contribution is -0.163. The highest BCUT2D eigenvalue weighted by Gasteiger charge is 2.64. The molecule has 1 heterocycles. The Kier molecular flexibility index (Phi) is 3.31. The molecule has 5 heteroatoms. The van der Waals surface area contributed by atoms with E-state index < -0.39 is 17.5 Å². The Morgan fingerprint density at radius 1 is 1.17 bits per heavy atom. The molecule has 3 aliphatic rings. The third-order valence-electron chi connectivity index (χ3n) is 5.69. The maximum atomic E-state index is 12.7. The van der Waals surface area contributed by atoms with Crippen LogP contribution in [0.3, 0.4) is 0 Å². The number of carbonyl (C=O) groups is 3. The zero-order chi connectivity index (χ0) is 17.1. The monoisotopic (exact) mass is 328 g/mol. The summed E-state index contributed by atoms with van der Waals surface area (Å²) < 4.78 is 10.9. The summed E-state index contributed by atoms with van der Waals surface area (Å²) in [5, 5.41) is 0. The minimum atomic E-state index is -1.26. The molecule has 24 heavy (non-hydrogen) atoms. The second-order valence-corrected chi connectivity index (χ2v) is 7.55. The number of hydrogen-bond donors (Lipinski definition) is 0. The van der Waals surface area contributed by atoms with E-state index in [1.165, 1.54) is 0 Å². The van der Waals surface area contributed by atoms with Crippen LogP contribution in [0.15, 0.2) is 30.3 Å². The SMILES string of the molecule is CC(C)(OC(=O)[C@@H]1[C@@H]2C[C@@H]3[C@@H]1C(=O)O[C@@H]3C2)C(=O)c1ccccc1. The molecule has 0 N–H and O–H groups in total. The molecule has 2 bridgehead atoms. The molecule has 5 nitrogen and oxygen atoms in total. The van der Waals surface area contributed by atoms with Gasteiger partial charge in [-0.2, -0.15) is 0 Å². The number of hydrogen-bond acceptors (Lipinski definition) is 5. The first-order valence-electron chi connectivity index (χ1n) is 8.41. The molecule has 0 spiro atoms. The molecule has 4 rings (SSSR count). The summed E-state index contributed by atoms with van der Waals surface area (Å²) in [6.07, 6.45) is 1.56. The Labute approximate surface area is 140 Å². The summed E-state index contributed by atoms with van der Waals surface area (Å²) in [6, 6.07) is 8.78. The first kappa shape index (κ1) is 15.4. The van der Waals surface area contributed by atoms with Crippen molar-refractivity contribution in [2.24, 2.45) is 23.7 Å². The molecule has 0 amide bonds. The molecule has 1 aromatic rings. The van der Waals surface area contributed by atoms with Crippen molar-refractivity contribution in [1.82, 2.24) is 0 Å². The predicted molar refractivity (Wildman–Crippen MR) is 84.0 cm³/mol. The maximum absolute atomic E-state index is 12.7. The average molecular weight is 328 g/mol. The summed E-state index contributed by atoms with van der Waals surface area (Å²) in [5.74, 6) is -1.54. The van der Waals surface area contributed by atoms with Crippen molar-refractivity contribution >= 4 is 17.7 Å². The summed E-state index contributed by atoms with van der Waals surface area (Å²) >= 11 is 0. The van der Waals surface area contributed by atoms with Crippen LogP contribution >= 0.6 is 0 Å². The number of carbonyl (C=O) groups excluding carboxylic acids is 3. The fourth-order valence-corrected chi connectivity index (χ4v) is 4.63. The maximum Gasteiger partial charge on any atom is 0.311 e. The van der Waals surface area contributed by atoms with E-state index >= 15 is 0 Å². The van der Waals surface area contributed by atoms with Gasteiger partial charge in [0.2, 0.25) is 5.78 Å². The van der Waals surface area contributed by atoms with Crippen molar-refractivity contribution in [3.8, 4) is 0 Å². The fourth-order valence-electron chi connectivity index (χ4n) is 4.63. The first-order valence-corrected chi connectivity index (χ1v) is 8.41. The smallest absolute Gasteiger partial charge is 0.311 e. The molecule has 5 atom stereocenters. The van der Waals surface area contributed by atoms with Gasteiger partial charge in [0.15, 0.2) is 5.60 Å². The number of rotatable bonds is 4. The number of benzene rings is 1. The normalized spacial score (nSPS) is 33.4. The molecule has 3 fully saturated rings. The lowest BCUT2D eigenvalue weighted by Gasteiger charge is -2.29. The van der Waals surface area contributed by atoms with Crippen LogP contribution in [0, 0.1) is 23.7 Å². The standard InChI is InChI=1S/C19H20O5/c1-19(2,16(20)10-6-4-3-5-7-10)24-18(22)14-11-8-12-13(9-11)23-17(21)15(12)14/h3-7,11-15H,8-9H2,1-2H3/t11-,12+,13-,14-,15+/m1/s1.